The highest BCUT2D eigenvalue weighted by molar-refractivity contribution is 5.96. The fourth-order valence-electron chi connectivity index (χ4n) is 2.17. The Kier molecular flexibility index (Phi) is 4.91. The number of likely N-dealkylation sites (N-methyl/N-ethyl adjacent to an activating group) is 2. The largest absolute Gasteiger partial charge is 0.314 e. The van der Waals surface area contributed by atoms with Crippen LogP contribution in [0.1, 0.15) is 29.2 Å². The number of carbonyl (C=O) groups excluding carboxylic acids is 1. The Labute approximate surface area is 110 Å². The van der Waals surface area contributed by atoms with E-state index in [9.17, 15) is 4.79 Å². The van der Waals surface area contributed by atoms with Crippen molar-refractivity contribution in [3.05, 3.63) is 28.3 Å². The fraction of sp³-hybridized carbons (Fsp3) is 0.533. The predicted octanol–water partition coefficient (Wildman–Crippen LogP) is 2.49. The van der Waals surface area contributed by atoms with E-state index in [2.05, 4.69) is 39.1 Å². The Balaban J connectivity index is 3.12. The minimum Gasteiger partial charge on any atom is -0.314 e. The van der Waals surface area contributed by atoms with Gasteiger partial charge in [0, 0.05) is 12.7 Å². The second-order valence-corrected chi connectivity index (χ2v) is 4.84. The van der Waals surface area contributed by atoms with E-state index in [0.717, 1.165) is 12.2 Å². The number of anilines is 1. The smallest absolute Gasteiger partial charge is 0.240 e. The zero-order valence-electron chi connectivity index (χ0n) is 12.3. The highest BCUT2D eigenvalue weighted by atomic mass is 16.2. The molecule has 1 aromatic rings. The Morgan fingerprint density at radius 1 is 1.17 bits per heavy atom. The van der Waals surface area contributed by atoms with Crippen LogP contribution in [0.5, 0.6) is 0 Å². The average Bonchev–Trinajstić information content (AvgIpc) is 2.33. The number of nitrogens with zero attached hydrogens (tertiary/aromatic N) is 1. The van der Waals surface area contributed by atoms with Crippen LogP contribution in [0, 0.1) is 27.7 Å². The van der Waals surface area contributed by atoms with Crippen LogP contribution in [-0.4, -0.2) is 26.0 Å². The molecule has 0 aliphatic heterocycles. The predicted molar refractivity (Wildman–Crippen MR) is 77.3 cm³/mol. The van der Waals surface area contributed by atoms with Crippen molar-refractivity contribution in [2.45, 2.75) is 34.6 Å². The minimum absolute atomic E-state index is 0.105. The van der Waals surface area contributed by atoms with Crippen molar-refractivity contribution in [3.8, 4) is 0 Å². The minimum atomic E-state index is 0.105. The molecule has 0 aliphatic carbocycles. The number of amides is 1. The molecule has 3 heteroatoms. The van der Waals surface area contributed by atoms with Crippen LogP contribution in [0.25, 0.3) is 0 Å². The van der Waals surface area contributed by atoms with Gasteiger partial charge in [0.15, 0.2) is 0 Å². The highest BCUT2D eigenvalue weighted by Crippen LogP contribution is 2.29. The Bertz CT molecular complexity index is 426. The summed E-state index contributed by atoms with van der Waals surface area (Å²) < 4.78 is 0. The topological polar surface area (TPSA) is 32.3 Å². The lowest BCUT2D eigenvalue weighted by atomic mass is 9.98. The maximum atomic E-state index is 12.1. The molecular formula is C15H24N2O. The third-order valence-corrected chi connectivity index (χ3v) is 3.56. The van der Waals surface area contributed by atoms with Gasteiger partial charge in [0.25, 0.3) is 0 Å². The summed E-state index contributed by atoms with van der Waals surface area (Å²) in [4.78, 5) is 13.9. The van der Waals surface area contributed by atoms with Gasteiger partial charge in [-0.15, -0.1) is 0 Å². The van der Waals surface area contributed by atoms with Gasteiger partial charge >= 0.3 is 0 Å². The molecule has 0 saturated carbocycles. The van der Waals surface area contributed by atoms with Crippen molar-refractivity contribution >= 4 is 11.6 Å². The first-order chi connectivity index (χ1) is 8.40. The number of aryl methyl sites for hydroxylation is 2. The first-order valence-corrected chi connectivity index (χ1v) is 6.44. The fourth-order valence-corrected chi connectivity index (χ4v) is 2.17. The summed E-state index contributed by atoms with van der Waals surface area (Å²) in [5.74, 6) is 0.105. The van der Waals surface area contributed by atoms with E-state index in [0.29, 0.717) is 6.54 Å². The summed E-state index contributed by atoms with van der Waals surface area (Å²) in [5.41, 5.74) is 5.89. The Hall–Kier alpha value is -1.35. The molecular weight excluding hydrogens is 224 g/mol. The molecule has 0 bridgehead atoms. The van der Waals surface area contributed by atoms with Crippen LogP contribution >= 0.6 is 0 Å². The van der Waals surface area contributed by atoms with Crippen LogP contribution in [0.2, 0.25) is 0 Å². The monoisotopic (exact) mass is 248 g/mol. The number of nitrogens with one attached hydrogen (secondary N) is 1. The normalized spacial score (nSPS) is 10.6. The Morgan fingerprint density at radius 2 is 1.67 bits per heavy atom. The number of hydrogen-bond donors (Lipinski definition) is 1. The van der Waals surface area contributed by atoms with Crippen LogP contribution in [0.15, 0.2) is 6.07 Å². The molecule has 0 radical (unpaired) electrons. The molecule has 0 atom stereocenters. The summed E-state index contributed by atoms with van der Waals surface area (Å²) in [5, 5.41) is 3.08. The first kappa shape index (κ1) is 14.7. The second kappa shape index (κ2) is 6.01. The van der Waals surface area contributed by atoms with Gasteiger partial charge < -0.3 is 10.2 Å². The van der Waals surface area contributed by atoms with E-state index in [1.165, 1.54) is 22.3 Å². The molecule has 0 heterocycles. The van der Waals surface area contributed by atoms with Gasteiger partial charge in [-0.25, -0.2) is 0 Å². The third kappa shape index (κ3) is 2.91. The molecule has 100 valence electrons. The zero-order chi connectivity index (χ0) is 13.9. The number of rotatable bonds is 4. The van der Waals surface area contributed by atoms with Gasteiger partial charge in [0.05, 0.1) is 6.54 Å². The van der Waals surface area contributed by atoms with Crippen molar-refractivity contribution in [2.75, 3.05) is 25.0 Å². The summed E-state index contributed by atoms with van der Waals surface area (Å²) in [7, 11) is 1.86. The standard InChI is InChI=1S/C15H24N2O/c1-7-16-9-14(18)17(6)15-12(4)10(2)8-11(3)13(15)5/h8,16H,7,9H2,1-6H3. The van der Waals surface area contributed by atoms with Gasteiger partial charge in [-0.1, -0.05) is 13.0 Å². The van der Waals surface area contributed by atoms with Gasteiger partial charge in [-0.3, -0.25) is 4.79 Å². The maximum absolute atomic E-state index is 12.1. The number of hydrogen-bond acceptors (Lipinski definition) is 2. The van der Waals surface area contributed by atoms with Gasteiger partial charge in [0.1, 0.15) is 0 Å². The number of benzene rings is 1. The van der Waals surface area contributed by atoms with Crippen LogP contribution < -0.4 is 10.2 Å². The maximum Gasteiger partial charge on any atom is 0.240 e. The molecule has 3 nitrogen and oxygen atoms in total. The summed E-state index contributed by atoms with van der Waals surface area (Å²) in [6.45, 7) is 11.5. The van der Waals surface area contributed by atoms with Crippen molar-refractivity contribution in [2.24, 2.45) is 0 Å². The van der Waals surface area contributed by atoms with Crippen LogP contribution in [-0.2, 0) is 4.79 Å². The molecule has 0 aromatic heterocycles. The molecule has 0 unspecified atom stereocenters. The van der Waals surface area contributed by atoms with Crippen molar-refractivity contribution in [1.82, 2.24) is 5.32 Å². The second-order valence-electron chi connectivity index (χ2n) is 4.84. The lowest BCUT2D eigenvalue weighted by molar-refractivity contribution is -0.117. The Morgan fingerprint density at radius 3 is 2.11 bits per heavy atom. The molecule has 0 fully saturated rings. The van der Waals surface area contributed by atoms with Crippen molar-refractivity contribution < 1.29 is 4.79 Å². The molecule has 0 saturated heterocycles. The summed E-state index contributed by atoms with van der Waals surface area (Å²) in [6.07, 6.45) is 0. The SMILES string of the molecule is CCNCC(=O)N(C)c1c(C)c(C)cc(C)c1C. The van der Waals surface area contributed by atoms with Gasteiger partial charge in [0.2, 0.25) is 5.91 Å². The average molecular weight is 248 g/mol. The quantitative estimate of drug-likeness (QED) is 0.888. The molecule has 0 aliphatic rings. The zero-order valence-corrected chi connectivity index (χ0v) is 12.3. The molecule has 1 aromatic carbocycles. The lowest BCUT2D eigenvalue weighted by Crippen LogP contribution is -2.36. The van der Waals surface area contributed by atoms with Gasteiger partial charge in [-0.2, -0.15) is 0 Å². The van der Waals surface area contributed by atoms with Crippen LogP contribution in [0.3, 0.4) is 0 Å². The third-order valence-electron chi connectivity index (χ3n) is 3.56. The van der Waals surface area contributed by atoms with E-state index in [1.54, 1.807) is 4.90 Å². The molecule has 1 rings (SSSR count). The molecule has 1 amide bonds. The summed E-state index contributed by atoms with van der Waals surface area (Å²) in [6, 6.07) is 2.18. The first-order valence-electron chi connectivity index (χ1n) is 6.44. The van der Waals surface area contributed by atoms with E-state index in [1.807, 2.05) is 14.0 Å². The number of carbonyl (C=O) groups is 1. The van der Waals surface area contributed by atoms with Crippen molar-refractivity contribution in [3.63, 3.8) is 0 Å². The van der Waals surface area contributed by atoms with Gasteiger partial charge in [-0.05, 0) is 56.5 Å². The van der Waals surface area contributed by atoms with E-state index >= 15 is 0 Å². The lowest BCUT2D eigenvalue weighted by Gasteiger charge is -2.24. The van der Waals surface area contributed by atoms with Crippen LogP contribution in [0.4, 0.5) is 5.69 Å². The molecule has 1 N–H and O–H groups in total. The van der Waals surface area contributed by atoms with E-state index in [4.69, 9.17) is 0 Å². The highest BCUT2D eigenvalue weighted by Gasteiger charge is 2.17. The summed E-state index contributed by atoms with van der Waals surface area (Å²) >= 11 is 0. The van der Waals surface area contributed by atoms with Crippen molar-refractivity contribution in [1.29, 1.82) is 0 Å². The molecule has 0 spiro atoms. The molecule has 18 heavy (non-hydrogen) atoms. The van der Waals surface area contributed by atoms with E-state index in [-0.39, 0.29) is 5.91 Å². The van der Waals surface area contributed by atoms with E-state index < -0.39 is 0 Å².